The molecule has 1 aromatic heterocycles. The molecule has 1 aliphatic heterocycles. The van der Waals surface area contributed by atoms with Gasteiger partial charge in [0.2, 0.25) is 0 Å². The third-order valence-corrected chi connectivity index (χ3v) is 2.08. The lowest BCUT2D eigenvalue weighted by Gasteiger charge is -2.22. The van der Waals surface area contributed by atoms with Crippen LogP contribution in [0.5, 0.6) is 0 Å². The molecule has 0 radical (unpaired) electrons. The van der Waals surface area contributed by atoms with Gasteiger partial charge >= 0.3 is 0 Å². The minimum absolute atomic E-state index is 0.740. The Balaban J connectivity index is 2.16. The predicted octanol–water partition coefficient (Wildman–Crippen LogP) is 1.95. The van der Waals surface area contributed by atoms with Crippen LogP contribution in [0.2, 0.25) is 0 Å². The van der Waals surface area contributed by atoms with Gasteiger partial charge in [-0.25, -0.2) is 4.98 Å². The summed E-state index contributed by atoms with van der Waals surface area (Å²) in [5.74, 6) is 1.88. The molecule has 0 saturated carbocycles. The molecule has 2 heterocycles. The predicted molar refractivity (Wildman–Crippen MR) is 55.8 cm³/mol. The number of anilines is 1. The fourth-order valence-corrected chi connectivity index (χ4v) is 1.34. The number of pyridine rings is 1. The van der Waals surface area contributed by atoms with E-state index in [0.717, 1.165) is 18.1 Å². The monoisotopic (exact) mass is 188 g/mol. The lowest BCUT2D eigenvalue weighted by atomic mass is 10.3. The van der Waals surface area contributed by atoms with Gasteiger partial charge in [-0.1, -0.05) is 6.07 Å². The number of aromatic nitrogens is 1. The van der Waals surface area contributed by atoms with Crippen LogP contribution in [0.25, 0.3) is 0 Å². The van der Waals surface area contributed by atoms with E-state index < -0.39 is 0 Å². The zero-order valence-electron chi connectivity index (χ0n) is 8.05. The molecule has 0 aromatic carbocycles. The molecular formula is C11H12N2O. The molecule has 0 aliphatic carbocycles. The molecule has 1 aliphatic rings. The maximum Gasteiger partial charge on any atom is 0.132 e. The van der Waals surface area contributed by atoms with Crippen molar-refractivity contribution >= 4 is 5.82 Å². The fraction of sp³-hybridized carbons (Fsp3) is 0.182. The number of hydrogen-bond donors (Lipinski definition) is 0. The average molecular weight is 188 g/mol. The van der Waals surface area contributed by atoms with E-state index in [1.807, 2.05) is 41.5 Å². The van der Waals surface area contributed by atoms with Crippen LogP contribution in [0.4, 0.5) is 5.82 Å². The van der Waals surface area contributed by atoms with Crippen LogP contribution in [0.1, 0.15) is 0 Å². The van der Waals surface area contributed by atoms with Crippen molar-refractivity contribution < 1.29 is 4.74 Å². The van der Waals surface area contributed by atoms with Crippen molar-refractivity contribution in [2.75, 3.05) is 18.6 Å². The molecular weight excluding hydrogens is 176 g/mol. The normalized spacial score (nSPS) is 15.2. The topological polar surface area (TPSA) is 25.4 Å². The van der Waals surface area contributed by atoms with E-state index in [-0.39, 0.29) is 0 Å². The van der Waals surface area contributed by atoms with E-state index in [4.69, 9.17) is 4.74 Å². The molecule has 0 spiro atoms. The van der Waals surface area contributed by atoms with Crippen LogP contribution in [0.15, 0.2) is 48.5 Å². The first kappa shape index (κ1) is 8.81. The lowest BCUT2D eigenvalue weighted by molar-refractivity contribution is 0.285. The molecule has 2 rings (SSSR count). The second kappa shape index (κ2) is 3.96. The smallest absolute Gasteiger partial charge is 0.132 e. The van der Waals surface area contributed by atoms with E-state index in [1.54, 1.807) is 13.3 Å². The van der Waals surface area contributed by atoms with Gasteiger partial charge in [0, 0.05) is 12.4 Å². The molecule has 0 bridgehead atoms. The number of nitrogens with zero attached hydrogens (tertiary/aromatic N) is 2. The van der Waals surface area contributed by atoms with Crippen molar-refractivity contribution in [1.82, 2.24) is 4.98 Å². The van der Waals surface area contributed by atoms with Crippen molar-refractivity contribution in [2.24, 2.45) is 0 Å². The van der Waals surface area contributed by atoms with Crippen LogP contribution in [-0.4, -0.2) is 18.6 Å². The number of methoxy groups -OCH3 is 1. The van der Waals surface area contributed by atoms with Gasteiger partial charge in [0.15, 0.2) is 0 Å². The minimum Gasteiger partial charge on any atom is -0.499 e. The van der Waals surface area contributed by atoms with Gasteiger partial charge in [-0.3, -0.25) is 0 Å². The summed E-state index contributed by atoms with van der Waals surface area (Å²) in [6, 6.07) is 5.86. The van der Waals surface area contributed by atoms with Crippen molar-refractivity contribution in [3.8, 4) is 0 Å². The molecule has 1 aromatic rings. The molecule has 14 heavy (non-hydrogen) atoms. The van der Waals surface area contributed by atoms with E-state index in [2.05, 4.69) is 4.98 Å². The first-order valence-electron chi connectivity index (χ1n) is 4.49. The third kappa shape index (κ3) is 1.76. The van der Waals surface area contributed by atoms with Crippen molar-refractivity contribution in [2.45, 2.75) is 0 Å². The van der Waals surface area contributed by atoms with Gasteiger partial charge in [0.1, 0.15) is 11.6 Å². The summed E-state index contributed by atoms with van der Waals surface area (Å²) in [6.45, 7) is 0.740. The standard InChI is InChI=1S/C11H12N2O/c1-14-10-5-4-8-13(9-10)11-6-2-3-7-12-11/h2-8H,9H2,1H3. The highest BCUT2D eigenvalue weighted by Gasteiger charge is 2.09. The Morgan fingerprint density at radius 1 is 1.43 bits per heavy atom. The second-order valence-electron chi connectivity index (χ2n) is 2.99. The van der Waals surface area contributed by atoms with E-state index >= 15 is 0 Å². The van der Waals surface area contributed by atoms with Gasteiger partial charge in [0.25, 0.3) is 0 Å². The summed E-state index contributed by atoms with van der Waals surface area (Å²) in [7, 11) is 1.68. The van der Waals surface area contributed by atoms with Gasteiger partial charge in [-0.2, -0.15) is 0 Å². The summed E-state index contributed by atoms with van der Waals surface area (Å²) in [5, 5.41) is 0. The maximum atomic E-state index is 5.18. The molecule has 0 amide bonds. The molecule has 72 valence electrons. The average Bonchev–Trinajstić information content (AvgIpc) is 2.30. The minimum atomic E-state index is 0.740. The Morgan fingerprint density at radius 2 is 2.36 bits per heavy atom. The zero-order valence-corrected chi connectivity index (χ0v) is 8.05. The zero-order chi connectivity index (χ0) is 9.80. The van der Waals surface area contributed by atoms with Crippen LogP contribution in [0.3, 0.4) is 0 Å². The maximum absolute atomic E-state index is 5.18. The second-order valence-corrected chi connectivity index (χ2v) is 2.99. The van der Waals surface area contributed by atoms with Crippen LogP contribution in [-0.2, 0) is 4.74 Å². The molecule has 0 N–H and O–H groups in total. The van der Waals surface area contributed by atoms with Crippen LogP contribution in [0, 0.1) is 0 Å². The highest BCUT2D eigenvalue weighted by molar-refractivity contribution is 5.45. The highest BCUT2D eigenvalue weighted by Crippen LogP contribution is 2.15. The van der Waals surface area contributed by atoms with Gasteiger partial charge in [-0.05, 0) is 24.3 Å². The first-order chi connectivity index (χ1) is 6.90. The first-order valence-corrected chi connectivity index (χ1v) is 4.49. The van der Waals surface area contributed by atoms with Crippen molar-refractivity contribution in [1.29, 1.82) is 0 Å². The molecule has 3 heteroatoms. The summed E-state index contributed by atoms with van der Waals surface area (Å²) < 4.78 is 5.18. The highest BCUT2D eigenvalue weighted by atomic mass is 16.5. The molecule has 0 saturated heterocycles. The third-order valence-electron chi connectivity index (χ3n) is 2.08. The number of ether oxygens (including phenoxy) is 1. The Bertz CT molecular complexity index is 357. The Morgan fingerprint density at radius 3 is 3.07 bits per heavy atom. The number of allylic oxidation sites excluding steroid dienone is 2. The fourth-order valence-electron chi connectivity index (χ4n) is 1.34. The Kier molecular flexibility index (Phi) is 2.49. The summed E-state index contributed by atoms with van der Waals surface area (Å²) in [5.41, 5.74) is 0. The molecule has 0 unspecified atom stereocenters. The summed E-state index contributed by atoms with van der Waals surface area (Å²) in [4.78, 5) is 6.30. The number of rotatable bonds is 2. The van der Waals surface area contributed by atoms with Crippen LogP contribution < -0.4 is 4.90 Å². The molecule has 0 fully saturated rings. The summed E-state index contributed by atoms with van der Waals surface area (Å²) in [6.07, 6.45) is 7.69. The number of hydrogen-bond acceptors (Lipinski definition) is 3. The Hall–Kier alpha value is -1.77. The molecule has 3 nitrogen and oxygen atoms in total. The van der Waals surface area contributed by atoms with E-state index in [9.17, 15) is 0 Å². The Labute approximate surface area is 83.3 Å². The van der Waals surface area contributed by atoms with Gasteiger partial charge < -0.3 is 9.64 Å². The quantitative estimate of drug-likeness (QED) is 0.709. The van der Waals surface area contributed by atoms with E-state index in [1.165, 1.54) is 0 Å². The largest absolute Gasteiger partial charge is 0.499 e. The summed E-state index contributed by atoms with van der Waals surface area (Å²) >= 11 is 0. The van der Waals surface area contributed by atoms with Gasteiger partial charge in [0.05, 0.1) is 13.7 Å². The van der Waals surface area contributed by atoms with E-state index in [0.29, 0.717) is 0 Å². The van der Waals surface area contributed by atoms with Crippen LogP contribution >= 0.6 is 0 Å². The van der Waals surface area contributed by atoms with Gasteiger partial charge in [-0.15, -0.1) is 0 Å². The lowest BCUT2D eigenvalue weighted by Crippen LogP contribution is -2.22. The van der Waals surface area contributed by atoms with Crippen molar-refractivity contribution in [3.05, 3.63) is 48.5 Å². The molecule has 0 atom stereocenters. The van der Waals surface area contributed by atoms with Crippen molar-refractivity contribution in [3.63, 3.8) is 0 Å². The SMILES string of the molecule is COC1=CC=CN(c2ccccn2)C1.